The molecule has 3 unspecified atom stereocenters. The van der Waals surface area contributed by atoms with E-state index in [4.69, 9.17) is 4.99 Å². The number of fused-ring (bicyclic) bond motifs is 2. The van der Waals surface area contributed by atoms with Crippen molar-refractivity contribution in [1.82, 2.24) is 0 Å². The number of rotatable bonds is 3. The Labute approximate surface area is 219 Å². The zero-order valence-corrected chi connectivity index (χ0v) is 21.1. The van der Waals surface area contributed by atoms with Crippen LogP contribution in [0.1, 0.15) is 51.2 Å². The monoisotopic (exact) mass is 508 g/mol. The molecule has 2 heterocycles. The second-order valence-corrected chi connectivity index (χ2v) is 10.7. The third-order valence-corrected chi connectivity index (χ3v) is 8.15. The molecule has 0 N–H and O–H groups in total. The minimum absolute atomic E-state index is 0.0195. The topological polar surface area (TPSA) is 49.7 Å². The standard InChI is InChI=1S/C31H25FN2O2S/c1-19-9-14-24-26(16-19)34(31(36)28-8-5-15-37-28)30(21-10-12-23(32)13-11-21)29-25(33-24)17-22(18-27(29)35)20-6-3-2-4-7-20/h2-16,22,29-30H,17-18H2,1H3. The van der Waals surface area contributed by atoms with Crippen LogP contribution in [0.4, 0.5) is 15.8 Å². The second kappa shape index (κ2) is 9.52. The summed E-state index contributed by atoms with van der Waals surface area (Å²) in [5.41, 5.74) is 4.91. The molecule has 1 fully saturated rings. The maximum Gasteiger partial charge on any atom is 0.269 e. The summed E-state index contributed by atoms with van der Waals surface area (Å²) in [5, 5.41) is 1.87. The van der Waals surface area contributed by atoms with Crippen molar-refractivity contribution < 1.29 is 14.0 Å². The number of benzene rings is 3. The van der Waals surface area contributed by atoms with Crippen molar-refractivity contribution in [3.05, 3.63) is 118 Å². The largest absolute Gasteiger partial charge is 0.299 e. The van der Waals surface area contributed by atoms with Crippen molar-refractivity contribution in [3.8, 4) is 0 Å². The van der Waals surface area contributed by atoms with Crippen LogP contribution in [0.25, 0.3) is 0 Å². The van der Waals surface area contributed by atoms with E-state index in [0.29, 0.717) is 34.7 Å². The van der Waals surface area contributed by atoms with Crippen LogP contribution in [0.5, 0.6) is 0 Å². The van der Waals surface area contributed by atoms with Gasteiger partial charge in [-0.1, -0.05) is 54.6 Å². The highest BCUT2D eigenvalue weighted by Gasteiger charge is 2.46. The first-order valence-corrected chi connectivity index (χ1v) is 13.3. The summed E-state index contributed by atoms with van der Waals surface area (Å²) < 4.78 is 14.0. The number of halogens is 1. The van der Waals surface area contributed by atoms with E-state index in [1.807, 2.05) is 54.8 Å². The number of nitrogens with zero attached hydrogens (tertiary/aromatic N) is 2. The molecule has 0 radical (unpaired) electrons. The quantitative estimate of drug-likeness (QED) is 0.289. The molecule has 1 amide bonds. The molecule has 4 nitrogen and oxygen atoms in total. The fraction of sp³-hybridized carbons (Fsp3) is 0.194. The van der Waals surface area contributed by atoms with E-state index < -0.39 is 12.0 Å². The van der Waals surface area contributed by atoms with Crippen molar-refractivity contribution in [1.29, 1.82) is 0 Å². The van der Waals surface area contributed by atoms with Crippen molar-refractivity contribution >= 4 is 40.1 Å². The number of aliphatic imine (C=N–C) groups is 1. The Balaban J connectivity index is 1.56. The third-order valence-electron chi connectivity index (χ3n) is 7.29. The van der Waals surface area contributed by atoms with Gasteiger partial charge < -0.3 is 0 Å². The molecular weight excluding hydrogens is 483 g/mol. The summed E-state index contributed by atoms with van der Waals surface area (Å²) >= 11 is 1.36. The van der Waals surface area contributed by atoms with Crippen LogP contribution in [-0.2, 0) is 4.79 Å². The summed E-state index contributed by atoms with van der Waals surface area (Å²) in [6.45, 7) is 1.97. The number of amides is 1. The minimum atomic E-state index is -0.638. The highest BCUT2D eigenvalue weighted by Crippen LogP contribution is 2.48. The van der Waals surface area contributed by atoms with Crippen LogP contribution < -0.4 is 4.90 Å². The van der Waals surface area contributed by atoms with E-state index in [-0.39, 0.29) is 23.4 Å². The SMILES string of the molecule is Cc1ccc2c(c1)N(C(=O)c1cccs1)C(c1ccc(F)cc1)C1C(=O)CC(c3ccccc3)CC1=N2. The lowest BCUT2D eigenvalue weighted by atomic mass is 9.72. The molecule has 1 saturated carbocycles. The normalized spacial score (nSPS) is 21.0. The van der Waals surface area contributed by atoms with Crippen LogP contribution in [0.2, 0.25) is 0 Å². The molecule has 1 aliphatic carbocycles. The van der Waals surface area contributed by atoms with Crippen LogP contribution in [0.15, 0.2) is 95.3 Å². The van der Waals surface area contributed by atoms with E-state index in [2.05, 4.69) is 12.1 Å². The Bertz CT molecular complexity index is 1500. The predicted molar refractivity (Wildman–Crippen MR) is 145 cm³/mol. The number of anilines is 1. The lowest BCUT2D eigenvalue weighted by molar-refractivity contribution is -0.122. The van der Waals surface area contributed by atoms with Crippen LogP contribution in [0.3, 0.4) is 0 Å². The number of hydrogen-bond acceptors (Lipinski definition) is 4. The molecule has 1 aromatic heterocycles. The molecule has 6 rings (SSSR count). The zero-order chi connectivity index (χ0) is 25.5. The smallest absolute Gasteiger partial charge is 0.269 e. The Morgan fingerprint density at radius 1 is 0.946 bits per heavy atom. The average molecular weight is 509 g/mol. The van der Waals surface area contributed by atoms with Gasteiger partial charge in [-0.3, -0.25) is 19.5 Å². The molecule has 0 saturated heterocycles. The number of ketones is 1. The lowest BCUT2D eigenvalue weighted by Crippen LogP contribution is -2.45. The van der Waals surface area contributed by atoms with Crippen LogP contribution >= 0.6 is 11.3 Å². The van der Waals surface area contributed by atoms with Crippen molar-refractivity contribution in [3.63, 3.8) is 0 Å². The molecule has 0 bridgehead atoms. The molecule has 3 atom stereocenters. The predicted octanol–water partition coefficient (Wildman–Crippen LogP) is 7.43. The molecule has 6 heteroatoms. The maximum atomic E-state index is 14.1. The van der Waals surface area contributed by atoms with Crippen LogP contribution in [0, 0.1) is 18.7 Å². The maximum absolute atomic E-state index is 14.1. The van der Waals surface area contributed by atoms with Gasteiger partial charge in [-0.2, -0.15) is 0 Å². The average Bonchev–Trinajstić information content (AvgIpc) is 3.40. The van der Waals surface area contributed by atoms with Gasteiger partial charge in [0, 0.05) is 12.1 Å². The molecule has 0 spiro atoms. The highest BCUT2D eigenvalue weighted by atomic mass is 32.1. The third kappa shape index (κ3) is 4.31. The lowest BCUT2D eigenvalue weighted by Gasteiger charge is -2.38. The number of thiophene rings is 1. The number of carbonyl (C=O) groups excluding carboxylic acids is 2. The van der Waals surface area contributed by atoms with Gasteiger partial charge in [0.25, 0.3) is 5.91 Å². The van der Waals surface area contributed by atoms with E-state index in [1.165, 1.54) is 23.5 Å². The summed E-state index contributed by atoms with van der Waals surface area (Å²) in [7, 11) is 0. The Kier molecular flexibility index (Phi) is 6.05. The van der Waals surface area contributed by atoms with Gasteiger partial charge in [-0.25, -0.2) is 4.39 Å². The van der Waals surface area contributed by atoms with Gasteiger partial charge in [-0.15, -0.1) is 11.3 Å². The molecule has 4 aromatic rings. The summed E-state index contributed by atoms with van der Waals surface area (Å²) in [6, 6.07) is 25.1. The van der Waals surface area contributed by atoms with Gasteiger partial charge in [0.1, 0.15) is 11.6 Å². The molecular formula is C31H25FN2O2S. The van der Waals surface area contributed by atoms with Crippen LogP contribution in [-0.4, -0.2) is 17.4 Å². The van der Waals surface area contributed by atoms with E-state index in [0.717, 1.165) is 16.8 Å². The van der Waals surface area contributed by atoms with E-state index in [9.17, 15) is 14.0 Å². The number of carbonyl (C=O) groups is 2. The summed E-state index contributed by atoms with van der Waals surface area (Å²) in [4.78, 5) is 35.5. The summed E-state index contributed by atoms with van der Waals surface area (Å²) in [6.07, 6.45) is 0.980. The van der Waals surface area contributed by atoms with Gasteiger partial charge >= 0.3 is 0 Å². The first-order valence-electron chi connectivity index (χ1n) is 12.4. The first kappa shape index (κ1) is 23.5. The minimum Gasteiger partial charge on any atom is -0.299 e. The number of aryl methyl sites for hydroxylation is 1. The van der Waals surface area contributed by atoms with Crippen molar-refractivity contribution in [2.75, 3.05) is 4.90 Å². The zero-order valence-electron chi connectivity index (χ0n) is 20.3. The van der Waals surface area contributed by atoms with E-state index >= 15 is 0 Å². The molecule has 37 heavy (non-hydrogen) atoms. The molecule has 184 valence electrons. The Hall–Kier alpha value is -3.90. The Morgan fingerprint density at radius 2 is 1.73 bits per heavy atom. The van der Waals surface area contributed by atoms with Crippen molar-refractivity contribution in [2.45, 2.75) is 31.7 Å². The Morgan fingerprint density at radius 3 is 2.46 bits per heavy atom. The van der Waals surface area contributed by atoms with E-state index in [1.54, 1.807) is 23.1 Å². The van der Waals surface area contributed by atoms with Gasteiger partial charge in [0.05, 0.1) is 28.2 Å². The first-order chi connectivity index (χ1) is 18.0. The van der Waals surface area contributed by atoms with Gasteiger partial charge in [0.2, 0.25) is 0 Å². The molecule has 1 aliphatic heterocycles. The number of Topliss-reactive ketones (excluding diaryl/α,β-unsaturated/α-hetero) is 1. The number of hydrogen-bond donors (Lipinski definition) is 0. The van der Waals surface area contributed by atoms with Gasteiger partial charge in [-0.05, 0) is 71.7 Å². The second-order valence-electron chi connectivity index (χ2n) is 9.70. The fourth-order valence-electron chi connectivity index (χ4n) is 5.57. The van der Waals surface area contributed by atoms with Gasteiger partial charge in [0.15, 0.2) is 0 Å². The molecule has 2 aliphatic rings. The summed E-state index contributed by atoms with van der Waals surface area (Å²) in [5.74, 6) is -1.11. The molecule has 3 aromatic carbocycles. The highest BCUT2D eigenvalue weighted by molar-refractivity contribution is 7.12. The fourth-order valence-corrected chi connectivity index (χ4v) is 6.23. The van der Waals surface area contributed by atoms with Crippen molar-refractivity contribution in [2.24, 2.45) is 10.9 Å².